The highest BCUT2D eigenvalue weighted by Crippen LogP contribution is 2.46. The molecule has 0 aromatic heterocycles. The largest absolute Gasteiger partial charge is 0.298 e. The van der Waals surface area contributed by atoms with Gasteiger partial charge in [-0.1, -0.05) is 52.0 Å². The Labute approximate surface area is 121 Å². The topological polar surface area (TPSA) is 17.1 Å². The zero-order valence-electron chi connectivity index (χ0n) is 12.8. The van der Waals surface area contributed by atoms with E-state index in [1.165, 1.54) is 34.7 Å². The van der Waals surface area contributed by atoms with Gasteiger partial charge >= 0.3 is 0 Å². The van der Waals surface area contributed by atoms with Gasteiger partial charge in [-0.05, 0) is 51.6 Å². The number of fused-ring (bicyclic) bond motifs is 2. The van der Waals surface area contributed by atoms with Crippen molar-refractivity contribution in [1.82, 2.24) is 0 Å². The highest BCUT2D eigenvalue weighted by atomic mass is 16.1. The van der Waals surface area contributed by atoms with E-state index in [0.29, 0.717) is 0 Å². The Morgan fingerprint density at radius 1 is 0.850 bits per heavy atom. The molecule has 0 amide bonds. The first kappa shape index (κ1) is 13.4. The molecule has 0 atom stereocenters. The predicted octanol–water partition coefficient (Wildman–Crippen LogP) is 5.00. The minimum atomic E-state index is 0.218. The standard InChI is InChI=1S/C19H22O/c1-18(2)7-8-19(3,4)17-11-15-9-13(12-20)5-6-14(15)10-16(17)18/h5-6,9-12H,7-8H2,1-4H3. The number of hydrogen-bond donors (Lipinski definition) is 0. The zero-order valence-corrected chi connectivity index (χ0v) is 12.8. The molecule has 0 fully saturated rings. The molecule has 1 aliphatic rings. The zero-order chi connectivity index (χ0) is 14.5. The maximum atomic E-state index is 11.0. The van der Waals surface area contributed by atoms with E-state index in [0.717, 1.165) is 11.8 Å². The van der Waals surface area contributed by atoms with Crippen molar-refractivity contribution >= 4 is 17.1 Å². The van der Waals surface area contributed by atoms with Crippen LogP contribution in [0.25, 0.3) is 10.8 Å². The van der Waals surface area contributed by atoms with Gasteiger partial charge in [0.2, 0.25) is 0 Å². The van der Waals surface area contributed by atoms with Crippen LogP contribution in [0.3, 0.4) is 0 Å². The molecule has 0 bridgehead atoms. The van der Waals surface area contributed by atoms with Gasteiger partial charge in [0, 0.05) is 5.56 Å². The Morgan fingerprint density at radius 3 is 1.95 bits per heavy atom. The van der Waals surface area contributed by atoms with Crippen LogP contribution in [0.5, 0.6) is 0 Å². The molecule has 3 rings (SSSR count). The molecule has 1 nitrogen and oxygen atoms in total. The van der Waals surface area contributed by atoms with Crippen molar-refractivity contribution in [2.45, 2.75) is 51.4 Å². The summed E-state index contributed by atoms with van der Waals surface area (Å²) < 4.78 is 0. The van der Waals surface area contributed by atoms with Crippen LogP contribution < -0.4 is 0 Å². The van der Waals surface area contributed by atoms with E-state index < -0.39 is 0 Å². The van der Waals surface area contributed by atoms with Crippen LogP contribution in [0.1, 0.15) is 62.0 Å². The van der Waals surface area contributed by atoms with Gasteiger partial charge in [-0.25, -0.2) is 0 Å². The van der Waals surface area contributed by atoms with Gasteiger partial charge in [-0.15, -0.1) is 0 Å². The van der Waals surface area contributed by atoms with Crippen molar-refractivity contribution < 1.29 is 4.79 Å². The van der Waals surface area contributed by atoms with Gasteiger partial charge in [0.1, 0.15) is 6.29 Å². The van der Waals surface area contributed by atoms with Crippen LogP contribution in [-0.4, -0.2) is 6.29 Å². The smallest absolute Gasteiger partial charge is 0.150 e. The lowest BCUT2D eigenvalue weighted by molar-refractivity contribution is 0.112. The summed E-state index contributed by atoms with van der Waals surface area (Å²) in [5.41, 5.74) is 4.13. The molecule has 1 aliphatic carbocycles. The first-order chi connectivity index (χ1) is 9.33. The van der Waals surface area contributed by atoms with Crippen LogP contribution in [-0.2, 0) is 10.8 Å². The van der Waals surface area contributed by atoms with E-state index in [-0.39, 0.29) is 10.8 Å². The summed E-state index contributed by atoms with van der Waals surface area (Å²) in [6.07, 6.45) is 3.37. The maximum Gasteiger partial charge on any atom is 0.150 e. The molecule has 0 radical (unpaired) electrons. The number of hydrogen-bond acceptors (Lipinski definition) is 1. The predicted molar refractivity (Wildman–Crippen MR) is 84.6 cm³/mol. The van der Waals surface area contributed by atoms with Gasteiger partial charge in [-0.2, -0.15) is 0 Å². The van der Waals surface area contributed by atoms with Crippen molar-refractivity contribution in [3.63, 3.8) is 0 Å². The van der Waals surface area contributed by atoms with E-state index in [2.05, 4.69) is 45.9 Å². The summed E-state index contributed by atoms with van der Waals surface area (Å²) >= 11 is 0. The fourth-order valence-electron chi connectivity index (χ4n) is 3.40. The number of rotatable bonds is 1. The first-order valence-corrected chi connectivity index (χ1v) is 7.37. The Kier molecular flexibility index (Phi) is 2.79. The third kappa shape index (κ3) is 1.96. The first-order valence-electron chi connectivity index (χ1n) is 7.37. The summed E-state index contributed by atoms with van der Waals surface area (Å²) in [7, 11) is 0. The van der Waals surface area contributed by atoms with Crippen molar-refractivity contribution in [2.24, 2.45) is 0 Å². The molecule has 1 heteroatoms. The molecule has 0 saturated carbocycles. The molecule has 0 heterocycles. The third-order valence-electron chi connectivity index (χ3n) is 4.97. The molecule has 0 aliphatic heterocycles. The second kappa shape index (κ2) is 4.18. The number of benzene rings is 2. The van der Waals surface area contributed by atoms with Crippen LogP contribution >= 0.6 is 0 Å². The van der Waals surface area contributed by atoms with Crippen LogP contribution in [0.15, 0.2) is 30.3 Å². The minimum absolute atomic E-state index is 0.218. The third-order valence-corrected chi connectivity index (χ3v) is 4.97. The molecule has 0 saturated heterocycles. The summed E-state index contributed by atoms with van der Waals surface area (Å²) in [6, 6.07) is 10.6. The van der Waals surface area contributed by atoms with Gasteiger partial charge in [-0.3, -0.25) is 4.79 Å². The van der Waals surface area contributed by atoms with Crippen LogP contribution in [0.4, 0.5) is 0 Å². The number of carbonyl (C=O) groups excluding carboxylic acids is 1. The van der Waals surface area contributed by atoms with Crippen molar-refractivity contribution in [3.05, 3.63) is 47.0 Å². The van der Waals surface area contributed by atoms with E-state index in [1.807, 2.05) is 12.1 Å². The van der Waals surface area contributed by atoms with Gasteiger partial charge in [0.25, 0.3) is 0 Å². The average Bonchev–Trinajstić information content (AvgIpc) is 2.42. The number of aldehydes is 1. The van der Waals surface area contributed by atoms with Crippen LogP contribution in [0, 0.1) is 0 Å². The second-order valence-electron chi connectivity index (χ2n) is 7.39. The lowest BCUT2D eigenvalue weighted by atomic mass is 9.63. The summed E-state index contributed by atoms with van der Waals surface area (Å²) in [5.74, 6) is 0. The molecular weight excluding hydrogens is 244 g/mol. The maximum absolute atomic E-state index is 11.0. The summed E-state index contributed by atoms with van der Waals surface area (Å²) in [6.45, 7) is 9.34. The van der Waals surface area contributed by atoms with Crippen molar-refractivity contribution in [1.29, 1.82) is 0 Å². The normalized spacial score (nSPS) is 19.6. The van der Waals surface area contributed by atoms with Crippen molar-refractivity contribution in [2.75, 3.05) is 0 Å². The second-order valence-corrected chi connectivity index (χ2v) is 7.39. The Morgan fingerprint density at radius 2 is 1.40 bits per heavy atom. The van der Waals surface area contributed by atoms with Gasteiger partial charge in [0.05, 0.1) is 0 Å². The molecule has 0 N–H and O–H groups in total. The Hall–Kier alpha value is -1.63. The van der Waals surface area contributed by atoms with E-state index in [4.69, 9.17) is 0 Å². The average molecular weight is 266 g/mol. The molecule has 2 aromatic rings. The Bertz CT molecular complexity index is 692. The van der Waals surface area contributed by atoms with Crippen molar-refractivity contribution in [3.8, 4) is 0 Å². The SMILES string of the molecule is CC1(C)CCC(C)(C)c2cc3cc(C=O)ccc3cc21. The van der Waals surface area contributed by atoms with E-state index >= 15 is 0 Å². The lowest BCUT2D eigenvalue weighted by Crippen LogP contribution is -2.33. The van der Waals surface area contributed by atoms with E-state index in [1.54, 1.807) is 0 Å². The summed E-state index contributed by atoms with van der Waals surface area (Å²) in [5, 5.41) is 2.42. The minimum Gasteiger partial charge on any atom is -0.298 e. The molecule has 20 heavy (non-hydrogen) atoms. The molecule has 2 aromatic carbocycles. The molecule has 0 unspecified atom stereocenters. The Balaban J connectivity index is 2.33. The molecule has 0 spiro atoms. The van der Waals surface area contributed by atoms with Gasteiger partial charge in [0.15, 0.2) is 0 Å². The highest BCUT2D eigenvalue weighted by molar-refractivity contribution is 5.90. The molecular formula is C19H22O. The van der Waals surface area contributed by atoms with Gasteiger partial charge < -0.3 is 0 Å². The quantitative estimate of drug-likeness (QED) is 0.664. The summed E-state index contributed by atoms with van der Waals surface area (Å²) in [4.78, 5) is 11.0. The van der Waals surface area contributed by atoms with Crippen LogP contribution in [0.2, 0.25) is 0 Å². The fourth-order valence-corrected chi connectivity index (χ4v) is 3.40. The van der Waals surface area contributed by atoms with E-state index in [9.17, 15) is 4.79 Å². The number of carbonyl (C=O) groups is 1. The lowest BCUT2D eigenvalue weighted by Gasteiger charge is -2.42. The monoisotopic (exact) mass is 266 g/mol. The fraction of sp³-hybridized carbons (Fsp3) is 0.421. The highest BCUT2D eigenvalue weighted by Gasteiger charge is 2.37. The molecule has 104 valence electrons.